The summed E-state index contributed by atoms with van der Waals surface area (Å²) in [7, 11) is 0. The molecule has 0 bridgehead atoms. The third-order valence-corrected chi connectivity index (χ3v) is 8.05. The molecule has 0 saturated carbocycles. The van der Waals surface area contributed by atoms with Crippen LogP contribution in [0.5, 0.6) is 5.75 Å². The van der Waals surface area contributed by atoms with E-state index in [-0.39, 0.29) is 29.5 Å². The van der Waals surface area contributed by atoms with Gasteiger partial charge in [0.05, 0.1) is 17.4 Å². The zero-order valence-electron chi connectivity index (χ0n) is 22.8. The van der Waals surface area contributed by atoms with Crippen molar-refractivity contribution in [2.75, 3.05) is 6.61 Å². The highest BCUT2D eigenvalue weighted by atomic mass is 79.9. The van der Waals surface area contributed by atoms with Gasteiger partial charge in [0.2, 0.25) is 11.8 Å². The van der Waals surface area contributed by atoms with E-state index in [4.69, 9.17) is 9.47 Å². The van der Waals surface area contributed by atoms with E-state index in [0.717, 1.165) is 20.5 Å². The van der Waals surface area contributed by atoms with Crippen LogP contribution in [0.3, 0.4) is 0 Å². The maximum atomic E-state index is 13.4. The van der Waals surface area contributed by atoms with Crippen molar-refractivity contribution in [2.24, 2.45) is 11.8 Å². The monoisotopic (exact) mass is 629 g/mol. The Labute approximate surface area is 251 Å². The van der Waals surface area contributed by atoms with E-state index >= 15 is 0 Å². The Kier molecular flexibility index (Phi) is 8.77. The fraction of sp³-hybridized carbons (Fsp3) is 0.242. The number of ketones is 1. The summed E-state index contributed by atoms with van der Waals surface area (Å²) in [6.45, 7) is 1.35. The molecule has 2 aliphatic rings. The first-order valence-electron chi connectivity index (χ1n) is 13.6. The maximum Gasteiger partial charge on any atom is 0.343 e. The number of carbonyl (C=O) groups excluding carboxylic acids is 5. The van der Waals surface area contributed by atoms with E-state index < -0.39 is 42.2 Å². The fourth-order valence-corrected chi connectivity index (χ4v) is 5.53. The van der Waals surface area contributed by atoms with E-state index in [0.29, 0.717) is 18.4 Å². The molecule has 42 heavy (non-hydrogen) atoms. The fourth-order valence-electron chi connectivity index (χ4n) is 5.26. The van der Waals surface area contributed by atoms with E-state index in [9.17, 15) is 24.0 Å². The summed E-state index contributed by atoms with van der Waals surface area (Å²) in [6, 6.07) is 20.5. The van der Waals surface area contributed by atoms with Gasteiger partial charge >= 0.3 is 11.9 Å². The molecule has 0 N–H and O–H groups in total. The molecule has 3 aromatic rings. The van der Waals surface area contributed by atoms with Crippen LogP contribution in [-0.2, 0) is 25.5 Å². The molecule has 1 heterocycles. The molecule has 9 heteroatoms. The Bertz CT molecular complexity index is 1550. The number of hydrogen-bond donors (Lipinski definition) is 0. The smallest absolute Gasteiger partial charge is 0.343 e. The Hall–Kier alpha value is -4.37. The number of Topliss-reactive ketones (excluding diaryl/α,β-unsaturated/α-hetero) is 1. The molecule has 5 rings (SSSR count). The number of amides is 2. The number of halogens is 1. The lowest BCUT2D eigenvalue weighted by molar-refractivity contribution is -0.158. The van der Waals surface area contributed by atoms with E-state index in [1.54, 1.807) is 36.4 Å². The molecule has 214 valence electrons. The largest absolute Gasteiger partial charge is 0.456 e. The second-order valence-electron chi connectivity index (χ2n) is 10.4. The van der Waals surface area contributed by atoms with Gasteiger partial charge in [-0.05, 0) is 73.9 Å². The molecule has 1 saturated heterocycles. The van der Waals surface area contributed by atoms with E-state index in [2.05, 4.69) is 15.9 Å². The number of benzene rings is 3. The van der Waals surface area contributed by atoms with Crippen molar-refractivity contribution < 1.29 is 33.4 Å². The van der Waals surface area contributed by atoms with Crippen LogP contribution in [0.1, 0.15) is 46.0 Å². The van der Waals surface area contributed by atoms with Crippen molar-refractivity contribution in [3.8, 4) is 5.75 Å². The molecule has 1 aliphatic carbocycles. The lowest BCUT2D eigenvalue weighted by Crippen LogP contribution is -2.48. The number of imide groups is 1. The van der Waals surface area contributed by atoms with Gasteiger partial charge in [0.15, 0.2) is 12.4 Å². The van der Waals surface area contributed by atoms with Gasteiger partial charge in [0.1, 0.15) is 11.8 Å². The van der Waals surface area contributed by atoms with Crippen LogP contribution >= 0.6 is 15.9 Å². The highest BCUT2D eigenvalue weighted by Gasteiger charge is 2.52. The van der Waals surface area contributed by atoms with Crippen molar-refractivity contribution >= 4 is 45.5 Å². The quantitative estimate of drug-likeness (QED) is 0.103. The molecule has 0 spiro atoms. The SMILES string of the molecule is CC1=CCC2C(=O)N(C(Cc3ccccc3)C(=O)OCC(=O)c3ccc(OC(=O)c4ccc(Br)cc4)cc3)C(=O)C2C1. The van der Waals surface area contributed by atoms with Gasteiger partial charge in [-0.1, -0.05) is 57.9 Å². The Morgan fingerprint density at radius 2 is 1.52 bits per heavy atom. The molecule has 3 atom stereocenters. The summed E-state index contributed by atoms with van der Waals surface area (Å²) in [4.78, 5) is 66.3. The second-order valence-corrected chi connectivity index (χ2v) is 11.3. The first-order chi connectivity index (χ1) is 20.2. The Morgan fingerprint density at radius 1 is 0.881 bits per heavy atom. The standard InChI is InChI=1S/C33H28BrNO7/c1-20-7-16-26-27(17-20)31(38)35(30(26)37)28(18-21-5-3-2-4-6-21)33(40)41-19-29(36)22-10-14-25(15-11-22)42-32(39)23-8-12-24(34)13-9-23/h2-15,26-28H,16-19H2,1H3. The number of carbonyl (C=O) groups is 5. The van der Waals surface area contributed by atoms with Crippen LogP contribution in [0, 0.1) is 11.8 Å². The summed E-state index contributed by atoms with van der Waals surface area (Å²) >= 11 is 3.31. The maximum absolute atomic E-state index is 13.4. The normalized spacial score (nSPS) is 18.6. The zero-order valence-corrected chi connectivity index (χ0v) is 24.4. The van der Waals surface area contributed by atoms with Crippen LogP contribution in [0.2, 0.25) is 0 Å². The molecule has 2 amide bonds. The molecule has 3 unspecified atom stereocenters. The van der Waals surface area contributed by atoms with Crippen LogP contribution < -0.4 is 4.74 Å². The number of rotatable bonds is 9. The minimum absolute atomic E-state index is 0.0790. The number of ether oxygens (including phenoxy) is 2. The summed E-state index contributed by atoms with van der Waals surface area (Å²) in [5.41, 5.74) is 2.41. The van der Waals surface area contributed by atoms with E-state index in [1.807, 2.05) is 31.2 Å². The first kappa shape index (κ1) is 29.1. The highest BCUT2D eigenvalue weighted by Crippen LogP contribution is 2.39. The van der Waals surface area contributed by atoms with Gasteiger partial charge < -0.3 is 9.47 Å². The molecule has 3 aromatic carbocycles. The zero-order chi connectivity index (χ0) is 29.8. The van der Waals surface area contributed by atoms with Gasteiger partial charge in [0.25, 0.3) is 0 Å². The van der Waals surface area contributed by atoms with E-state index in [1.165, 1.54) is 24.3 Å². The average molecular weight is 630 g/mol. The Morgan fingerprint density at radius 3 is 2.21 bits per heavy atom. The average Bonchev–Trinajstić information content (AvgIpc) is 3.24. The van der Waals surface area contributed by atoms with Crippen LogP contribution in [0.25, 0.3) is 0 Å². The second kappa shape index (κ2) is 12.7. The Balaban J connectivity index is 1.25. The molecular formula is C33H28BrNO7. The third kappa shape index (κ3) is 6.41. The van der Waals surface area contributed by atoms with Gasteiger partial charge in [-0.3, -0.25) is 19.3 Å². The van der Waals surface area contributed by atoms with Gasteiger partial charge in [-0.25, -0.2) is 9.59 Å². The lowest BCUT2D eigenvalue weighted by Gasteiger charge is -2.25. The van der Waals surface area contributed by atoms with Gasteiger partial charge in [0, 0.05) is 16.5 Å². The predicted molar refractivity (Wildman–Crippen MR) is 157 cm³/mol. The van der Waals surface area contributed by atoms with Gasteiger partial charge in [-0.15, -0.1) is 0 Å². The van der Waals surface area contributed by atoms with Gasteiger partial charge in [-0.2, -0.15) is 0 Å². The number of allylic oxidation sites excluding steroid dienone is 2. The van der Waals surface area contributed by atoms with Crippen LogP contribution in [0.15, 0.2) is 95.0 Å². The third-order valence-electron chi connectivity index (χ3n) is 7.53. The highest BCUT2D eigenvalue weighted by molar-refractivity contribution is 9.10. The number of fused-ring (bicyclic) bond motifs is 1. The van der Waals surface area contributed by atoms with Crippen molar-refractivity contribution in [3.63, 3.8) is 0 Å². The number of likely N-dealkylation sites (tertiary alicyclic amines) is 1. The molecule has 1 fully saturated rings. The molecular weight excluding hydrogens is 602 g/mol. The number of nitrogens with zero attached hydrogens (tertiary/aromatic N) is 1. The summed E-state index contributed by atoms with van der Waals surface area (Å²) < 4.78 is 11.6. The molecule has 1 aliphatic heterocycles. The molecule has 8 nitrogen and oxygen atoms in total. The van der Waals surface area contributed by atoms with Crippen molar-refractivity contribution in [2.45, 2.75) is 32.2 Å². The van der Waals surface area contributed by atoms with Crippen LogP contribution in [-0.4, -0.2) is 47.1 Å². The first-order valence-corrected chi connectivity index (χ1v) is 14.3. The topological polar surface area (TPSA) is 107 Å². The summed E-state index contributed by atoms with van der Waals surface area (Å²) in [6.07, 6.45) is 2.98. The number of esters is 2. The minimum atomic E-state index is -1.19. The molecule has 0 aromatic heterocycles. The lowest BCUT2D eigenvalue weighted by atomic mass is 9.82. The van der Waals surface area contributed by atoms with Crippen LogP contribution in [0.4, 0.5) is 0 Å². The summed E-state index contributed by atoms with van der Waals surface area (Å²) in [5, 5.41) is 0. The summed E-state index contributed by atoms with van der Waals surface area (Å²) in [5.74, 6) is -3.36. The van der Waals surface area contributed by atoms with Crippen molar-refractivity contribution in [3.05, 3.63) is 112 Å². The van der Waals surface area contributed by atoms with Crippen molar-refractivity contribution in [1.82, 2.24) is 4.90 Å². The van der Waals surface area contributed by atoms with Crippen molar-refractivity contribution in [1.29, 1.82) is 0 Å². The molecule has 0 radical (unpaired) electrons. The number of hydrogen-bond acceptors (Lipinski definition) is 7. The predicted octanol–water partition coefficient (Wildman–Crippen LogP) is 5.35. The minimum Gasteiger partial charge on any atom is -0.456 e.